The van der Waals surface area contributed by atoms with Crippen LogP contribution < -0.4 is 4.74 Å². The summed E-state index contributed by atoms with van der Waals surface area (Å²) in [5, 5.41) is 9.25. The van der Waals surface area contributed by atoms with Crippen LogP contribution in [0.1, 0.15) is 18.7 Å². The van der Waals surface area contributed by atoms with Crippen LogP contribution in [0.4, 0.5) is 0 Å². The summed E-state index contributed by atoms with van der Waals surface area (Å²) < 4.78 is 33.5. The molecule has 0 amide bonds. The molecule has 0 spiro atoms. The van der Waals surface area contributed by atoms with Gasteiger partial charge < -0.3 is 4.74 Å². The van der Waals surface area contributed by atoms with Crippen molar-refractivity contribution in [3.05, 3.63) is 96.8 Å². The summed E-state index contributed by atoms with van der Waals surface area (Å²) in [5.74, 6) is 1.89. The summed E-state index contributed by atoms with van der Waals surface area (Å²) in [6.45, 7) is 0.649. The van der Waals surface area contributed by atoms with Crippen molar-refractivity contribution in [3.8, 4) is 11.4 Å². The van der Waals surface area contributed by atoms with E-state index in [1.54, 1.807) is 42.1 Å². The van der Waals surface area contributed by atoms with Gasteiger partial charge in [-0.15, -0.1) is 10.2 Å². The second-order valence-corrected chi connectivity index (χ2v) is 10.4. The van der Waals surface area contributed by atoms with Crippen LogP contribution in [-0.2, 0) is 15.6 Å². The van der Waals surface area contributed by atoms with Gasteiger partial charge in [0.2, 0.25) is 0 Å². The van der Waals surface area contributed by atoms with Crippen LogP contribution in [-0.4, -0.2) is 35.5 Å². The number of unbranched alkanes of at least 4 members (excludes halogenated alkanes) is 1. The number of nitrogens with zero attached hydrogens (tertiary/aromatic N) is 3. The first kappa shape index (κ1) is 23.1. The zero-order valence-electron chi connectivity index (χ0n) is 18.1. The van der Waals surface area contributed by atoms with Crippen molar-refractivity contribution in [2.24, 2.45) is 0 Å². The number of rotatable bonds is 11. The Morgan fingerprint density at radius 3 is 2.12 bits per heavy atom. The number of thioether (sulfide) groups is 1. The van der Waals surface area contributed by atoms with E-state index in [4.69, 9.17) is 4.74 Å². The third-order valence-electron chi connectivity index (χ3n) is 4.92. The van der Waals surface area contributed by atoms with Crippen LogP contribution in [0.5, 0.6) is 5.75 Å². The normalized spacial score (nSPS) is 11.4. The van der Waals surface area contributed by atoms with Gasteiger partial charge in [-0.25, -0.2) is 8.42 Å². The number of hydrogen-bond acceptors (Lipinski definition) is 6. The molecular weight excluding hydrogens is 454 g/mol. The molecule has 0 radical (unpaired) electrons. The summed E-state index contributed by atoms with van der Waals surface area (Å²) in [4.78, 5) is 0.278. The molecule has 8 heteroatoms. The molecule has 0 unspecified atom stereocenters. The molecule has 170 valence electrons. The van der Waals surface area contributed by atoms with Crippen LogP contribution in [0.15, 0.2) is 101 Å². The highest BCUT2D eigenvalue weighted by molar-refractivity contribution is 7.99. The zero-order valence-corrected chi connectivity index (χ0v) is 19.7. The number of hydrogen-bond donors (Lipinski definition) is 0. The minimum Gasteiger partial charge on any atom is -0.494 e. The van der Waals surface area contributed by atoms with Gasteiger partial charge in [0.15, 0.2) is 20.8 Å². The molecule has 0 aliphatic carbocycles. The fraction of sp³-hybridized carbons (Fsp3) is 0.200. The standard InChI is InChI=1S/C25H25N3O3S2/c29-33(30,23-16-8-3-9-17-23)20-24-26-27-25(28(24)21-12-4-1-5-13-21)32-19-11-10-18-31-22-14-6-2-7-15-22/h1-9,12-17H,10-11,18-20H2. The lowest BCUT2D eigenvalue weighted by Gasteiger charge is -2.11. The lowest BCUT2D eigenvalue weighted by Crippen LogP contribution is -2.11. The monoisotopic (exact) mass is 479 g/mol. The number of aromatic nitrogens is 3. The highest BCUT2D eigenvalue weighted by Crippen LogP contribution is 2.25. The van der Waals surface area contributed by atoms with E-state index in [0.29, 0.717) is 17.6 Å². The third-order valence-corrected chi connectivity index (χ3v) is 7.56. The zero-order chi connectivity index (χ0) is 22.9. The Kier molecular flexibility index (Phi) is 7.80. The van der Waals surface area contributed by atoms with Gasteiger partial charge in [-0.1, -0.05) is 66.4 Å². The van der Waals surface area contributed by atoms with E-state index in [1.165, 1.54) is 0 Å². The first-order chi connectivity index (χ1) is 16.1. The molecule has 0 aliphatic heterocycles. The van der Waals surface area contributed by atoms with Crippen molar-refractivity contribution < 1.29 is 13.2 Å². The molecule has 1 heterocycles. The molecule has 3 aromatic carbocycles. The predicted octanol–water partition coefficient (Wildman–Crippen LogP) is 5.19. The SMILES string of the molecule is O=S(=O)(Cc1nnc(SCCCCOc2ccccc2)n1-c1ccccc1)c1ccccc1. The van der Waals surface area contributed by atoms with Gasteiger partial charge in [0.25, 0.3) is 0 Å². The molecule has 0 aliphatic rings. The maximum atomic E-state index is 12.9. The van der Waals surface area contributed by atoms with Crippen molar-refractivity contribution in [2.75, 3.05) is 12.4 Å². The second kappa shape index (κ2) is 11.2. The van der Waals surface area contributed by atoms with Crippen LogP contribution in [0.3, 0.4) is 0 Å². The Balaban J connectivity index is 1.43. The van der Waals surface area contributed by atoms with E-state index in [0.717, 1.165) is 30.0 Å². The molecule has 0 saturated heterocycles. The van der Waals surface area contributed by atoms with Gasteiger partial charge >= 0.3 is 0 Å². The van der Waals surface area contributed by atoms with E-state index in [1.807, 2.05) is 65.2 Å². The lowest BCUT2D eigenvalue weighted by atomic mass is 10.3. The molecule has 6 nitrogen and oxygen atoms in total. The van der Waals surface area contributed by atoms with Crippen LogP contribution in [0.25, 0.3) is 5.69 Å². The molecule has 0 atom stereocenters. The Morgan fingerprint density at radius 2 is 1.42 bits per heavy atom. The molecule has 0 bridgehead atoms. The van der Waals surface area contributed by atoms with Crippen LogP contribution in [0, 0.1) is 0 Å². The van der Waals surface area contributed by atoms with Gasteiger partial charge in [0.05, 0.1) is 11.5 Å². The summed E-state index contributed by atoms with van der Waals surface area (Å²) in [6.07, 6.45) is 1.85. The van der Waals surface area contributed by atoms with Crippen molar-refractivity contribution in [1.29, 1.82) is 0 Å². The molecule has 0 N–H and O–H groups in total. The number of sulfone groups is 1. The number of para-hydroxylation sites is 2. The van der Waals surface area contributed by atoms with Gasteiger partial charge in [0.1, 0.15) is 11.5 Å². The van der Waals surface area contributed by atoms with Gasteiger partial charge in [-0.05, 0) is 49.2 Å². The maximum absolute atomic E-state index is 12.9. The largest absolute Gasteiger partial charge is 0.494 e. The molecule has 4 rings (SSSR count). The fourth-order valence-corrected chi connectivity index (χ4v) is 5.51. The smallest absolute Gasteiger partial charge is 0.195 e. The summed E-state index contributed by atoms with van der Waals surface area (Å²) in [6, 6.07) is 27.8. The Labute approximate surface area is 198 Å². The Hall–Kier alpha value is -3.10. The topological polar surface area (TPSA) is 74.1 Å². The van der Waals surface area contributed by atoms with Crippen molar-refractivity contribution in [1.82, 2.24) is 14.8 Å². The molecule has 33 heavy (non-hydrogen) atoms. The van der Waals surface area contributed by atoms with E-state index in [9.17, 15) is 8.42 Å². The minimum absolute atomic E-state index is 0.218. The lowest BCUT2D eigenvalue weighted by molar-refractivity contribution is 0.310. The highest BCUT2D eigenvalue weighted by atomic mass is 32.2. The van der Waals surface area contributed by atoms with E-state index in [-0.39, 0.29) is 10.6 Å². The second-order valence-electron chi connectivity index (χ2n) is 7.36. The highest BCUT2D eigenvalue weighted by Gasteiger charge is 2.22. The van der Waals surface area contributed by atoms with E-state index >= 15 is 0 Å². The molecule has 1 aromatic heterocycles. The van der Waals surface area contributed by atoms with Crippen molar-refractivity contribution >= 4 is 21.6 Å². The molecule has 0 fully saturated rings. The van der Waals surface area contributed by atoms with Crippen LogP contribution >= 0.6 is 11.8 Å². The van der Waals surface area contributed by atoms with Crippen molar-refractivity contribution in [3.63, 3.8) is 0 Å². The predicted molar refractivity (Wildman–Crippen MR) is 131 cm³/mol. The van der Waals surface area contributed by atoms with Gasteiger partial charge in [-0.2, -0.15) is 0 Å². The van der Waals surface area contributed by atoms with E-state index < -0.39 is 9.84 Å². The third kappa shape index (κ3) is 6.24. The summed E-state index contributed by atoms with van der Waals surface area (Å²) in [5.41, 5.74) is 0.843. The Morgan fingerprint density at radius 1 is 0.788 bits per heavy atom. The summed E-state index contributed by atoms with van der Waals surface area (Å²) >= 11 is 1.57. The van der Waals surface area contributed by atoms with Crippen LogP contribution in [0.2, 0.25) is 0 Å². The summed E-state index contributed by atoms with van der Waals surface area (Å²) in [7, 11) is -3.54. The van der Waals surface area contributed by atoms with Crippen molar-refractivity contribution in [2.45, 2.75) is 28.6 Å². The number of ether oxygens (including phenoxy) is 1. The van der Waals surface area contributed by atoms with Gasteiger partial charge in [-0.3, -0.25) is 4.57 Å². The minimum atomic E-state index is -3.54. The Bertz CT molecular complexity index is 1250. The first-order valence-electron chi connectivity index (χ1n) is 10.7. The average molecular weight is 480 g/mol. The first-order valence-corrected chi connectivity index (χ1v) is 13.4. The number of benzene rings is 3. The van der Waals surface area contributed by atoms with E-state index in [2.05, 4.69) is 10.2 Å². The molecule has 4 aromatic rings. The average Bonchev–Trinajstić information content (AvgIpc) is 3.24. The molecule has 0 saturated carbocycles. The maximum Gasteiger partial charge on any atom is 0.195 e. The fourth-order valence-electron chi connectivity index (χ4n) is 3.28. The quantitative estimate of drug-likeness (QED) is 0.218. The van der Waals surface area contributed by atoms with Gasteiger partial charge in [0, 0.05) is 11.4 Å². The molecular formula is C25H25N3O3S2.